The van der Waals surface area contributed by atoms with E-state index in [4.69, 9.17) is 0 Å². The largest absolute Gasteiger partial charge is 0.393 e. The highest BCUT2D eigenvalue weighted by molar-refractivity contribution is 5.42. The zero-order valence-electron chi connectivity index (χ0n) is 10.8. The Kier molecular flexibility index (Phi) is 5.74. The molecule has 0 aliphatic rings. The Morgan fingerprint density at radius 3 is 2.83 bits per heavy atom. The number of aliphatic hydroxyl groups excluding tert-OH is 1. The Morgan fingerprint density at radius 2 is 2.22 bits per heavy atom. The first kappa shape index (κ1) is 14.6. The van der Waals surface area contributed by atoms with Crippen molar-refractivity contribution in [2.75, 3.05) is 6.54 Å². The molecule has 2 N–H and O–H groups in total. The average Bonchev–Trinajstić information content (AvgIpc) is 2.35. The molecule has 0 heterocycles. The van der Waals surface area contributed by atoms with Crippen LogP contribution in [0.4, 0.5) is 5.69 Å². The lowest BCUT2D eigenvalue weighted by atomic mass is 10.1. The van der Waals surface area contributed by atoms with E-state index in [1.54, 1.807) is 19.1 Å². The molecule has 0 aliphatic heterocycles. The van der Waals surface area contributed by atoms with Gasteiger partial charge in [-0.3, -0.25) is 10.1 Å². The third-order valence-electron chi connectivity index (χ3n) is 2.92. The lowest BCUT2D eigenvalue weighted by molar-refractivity contribution is -0.385. The number of aryl methyl sites for hydroxylation is 1. The quantitative estimate of drug-likeness (QED) is 0.443. The molecule has 5 nitrogen and oxygen atoms in total. The van der Waals surface area contributed by atoms with Gasteiger partial charge in [0.05, 0.1) is 11.0 Å². The number of nitrogens with zero attached hydrogens (tertiary/aromatic N) is 1. The molecule has 0 bridgehead atoms. The van der Waals surface area contributed by atoms with Crippen LogP contribution in [0.2, 0.25) is 0 Å². The fourth-order valence-corrected chi connectivity index (χ4v) is 1.67. The fraction of sp³-hybridized carbons (Fsp3) is 0.538. The number of aliphatic hydroxyl groups is 1. The Labute approximate surface area is 107 Å². The predicted octanol–water partition coefficient (Wildman–Crippen LogP) is 2.15. The van der Waals surface area contributed by atoms with Crippen molar-refractivity contribution in [3.63, 3.8) is 0 Å². The predicted molar refractivity (Wildman–Crippen MR) is 70.5 cm³/mol. The maximum absolute atomic E-state index is 10.8. The van der Waals surface area contributed by atoms with E-state index in [1.165, 1.54) is 0 Å². The summed E-state index contributed by atoms with van der Waals surface area (Å²) >= 11 is 0. The Hall–Kier alpha value is -1.46. The van der Waals surface area contributed by atoms with E-state index in [9.17, 15) is 15.2 Å². The molecule has 0 radical (unpaired) electrons. The van der Waals surface area contributed by atoms with Gasteiger partial charge in [-0.2, -0.15) is 0 Å². The van der Waals surface area contributed by atoms with Gasteiger partial charge in [-0.1, -0.05) is 19.1 Å². The highest BCUT2D eigenvalue weighted by Crippen LogP contribution is 2.19. The summed E-state index contributed by atoms with van der Waals surface area (Å²) in [7, 11) is 0. The third-order valence-corrected chi connectivity index (χ3v) is 2.92. The first-order chi connectivity index (χ1) is 8.54. The van der Waals surface area contributed by atoms with Gasteiger partial charge in [0, 0.05) is 18.2 Å². The van der Waals surface area contributed by atoms with Crippen molar-refractivity contribution >= 4 is 5.69 Å². The van der Waals surface area contributed by atoms with Crippen LogP contribution in [0.1, 0.15) is 30.9 Å². The van der Waals surface area contributed by atoms with Crippen LogP contribution >= 0.6 is 0 Å². The van der Waals surface area contributed by atoms with Crippen LogP contribution in [0.5, 0.6) is 0 Å². The first-order valence-corrected chi connectivity index (χ1v) is 6.17. The van der Waals surface area contributed by atoms with E-state index in [0.717, 1.165) is 12.0 Å². The summed E-state index contributed by atoms with van der Waals surface area (Å²) in [6, 6.07) is 5.24. The minimum atomic E-state index is -0.361. The molecule has 1 aromatic rings. The maximum Gasteiger partial charge on any atom is 0.272 e. The second-order valence-corrected chi connectivity index (χ2v) is 4.41. The highest BCUT2D eigenvalue weighted by Gasteiger charge is 2.10. The number of nitro groups is 1. The van der Waals surface area contributed by atoms with Gasteiger partial charge >= 0.3 is 0 Å². The van der Waals surface area contributed by atoms with Gasteiger partial charge in [0.25, 0.3) is 5.69 Å². The van der Waals surface area contributed by atoms with Crippen molar-refractivity contribution in [1.82, 2.24) is 5.32 Å². The Morgan fingerprint density at radius 1 is 1.50 bits per heavy atom. The van der Waals surface area contributed by atoms with Crippen LogP contribution in [-0.4, -0.2) is 22.7 Å². The zero-order valence-corrected chi connectivity index (χ0v) is 10.8. The van der Waals surface area contributed by atoms with Gasteiger partial charge in [0.15, 0.2) is 0 Å². The molecule has 100 valence electrons. The van der Waals surface area contributed by atoms with E-state index in [-0.39, 0.29) is 16.7 Å². The molecule has 1 atom stereocenters. The second-order valence-electron chi connectivity index (χ2n) is 4.41. The van der Waals surface area contributed by atoms with Crippen molar-refractivity contribution in [3.8, 4) is 0 Å². The summed E-state index contributed by atoms with van der Waals surface area (Å²) in [4.78, 5) is 10.4. The SMILES string of the molecule is CCC(O)CCNCc1ccc(C)c([N+](=O)[O-])c1. The Bertz CT molecular complexity index is 407. The molecule has 1 rings (SSSR count). The van der Waals surface area contributed by atoms with Gasteiger partial charge in [-0.05, 0) is 31.9 Å². The van der Waals surface area contributed by atoms with Crippen LogP contribution in [0.15, 0.2) is 18.2 Å². The smallest absolute Gasteiger partial charge is 0.272 e. The van der Waals surface area contributed by atoms with Crippen molar-refractivity contribution in [1.29, 1.82) is 0 Å². The summed E-state index contributed by atoms with van der Waals surface area (Å²) in [6.45, 7) is 4.95. The van der Waals surface area contributed by atoms with Gasteiger partial charge in [-0.25, -0.2) is 0 Å². The number of nitro benzene ring substituents is 1. The third kappa shape index (κ3) is 4.43. The van der Waals surface area contributed by atoms with Gasteiger partial charge < -0.3 is 10.4 Å². The molecule has 0 saturated carbocycles. The molecule has 0 aliphatic carbocycles. The number of benzene rings is 1. The zero-order chi connectivity index (χ0) is 13.5. The minimum absolute atomic E-state index is 0.155. The van der Waals surface area contributed by atoms with Crippen LogP contribution in [-0.2, 0) is 6.54 Å². The van der Waals surface area contributed by atoms with Gasteiger partial charge in [0.1, 0.15) is 0 Å². The van der Waals surface area contributed by atoms with Crippen LogP contribution in [0.3, 0.4) is 0 Å². The summed E-state index contributed by atoms with van der Waals surface area (Å²) in [6.07, 6.45) is 1.17. The molecule has 0 saturated heterocycles. The summed E-state index contributed by atoms with van der Waals surface area (Å²) < 4.78 is 0. The summed E-state index contributed by atoms with van der Waals surface area (Å²) in [5.41, 5.74) is 1.71. The number of rotatable bonds is 7. The topological polar surface area (TPSA) is 75.4 Å². The van der Waals surface area contributed by atoms with E-state index >= 15 is 0 Å². The van der Waals surface area contributed by atoms with Crippen molar-refractivity contribution < 1.29 is 10.0 Å². The molecule has 0 amide bonds. The van der Waals surface area contributed by atoms with Crippen molar-refractivity contribution in [3.05, 3.63) is 39.4 Å². The number of hydrogen-bond donors (Lipinski definition) is 2. The molecule has 0 fully saturated rings. The standard InChI is InChI=1S/C13H20N2O3/c1-3-12(16)6-7-14-9-11-5-4-10(2)13(8-11)15(17)18/h4-5,8,12,14,16H,3,6-7,9H2,1-2H3. The van der Waals surface area contributed by atoms with E-state index in [0.29, 0.717) is 25.1 Å². The highest BCUT2D eigenvalue weighted by atomic mass is 16.6. The lowest BCUT2D eigenvalue weighted by Gasteiger charge is -2.09. The molecule has 1 aromatic carbocycles. The normalized spacial score (nSPS) is 12.4. The van der Waals surface area contributed by atoms with Crippen LogP contribution in [0.25, 0.3) is 0 Å². The first-order valence-electron chi connectivity index (χ1n) is 6.17. The molecule has 5 heteroatoms. The maximum atomic E-state index is 10.8. The summed E-state index contributed by atoms with van der Waals surface area (Å²) in [5.74, 6) is 0. The van der Waals surface area contributed by atoms with Gasteiger partial charge in [-0.15, -0.1) is 0 Å². The number of hydrogen-bond acceptors (Lipinski definition) is 4. The minimum Gasteiger partial charge on any atom is -0.393 e. The van der Waals surface area contributed by atoms with Crippen molar-refractivity contribution in [2.24, 2.45) is 0 Å². The summed E-state index contributed by atoms with van der Waals surface area (Å²) in [5, 5.41) is 23.3. The number of nitrogens with one attached hydrogen (secondary N) is 1. The monoisotopic (exact) mass is 252 g/mol. The lowest BCUT2D eigenvalue weighted by Crippen LogP contribution is -2.19. The van der Waals surface area contributed by atoms with Gasteiger partial charge in [0.2, 0.25) is 0 Å². The molecular weight excluding hydrogens is 232 g/mol. The second kappa shape index (κ2) is 7.08. The van der Waals surface area contributed by atoms with Crippen LogP contribution in [0, 0.1) is 17.0 Å². The van der Waals surface area contributed by atoms with E-state index in [1.807, 2.05) is 13.0 Å². The molecule has 18 heavy (non-hydrogen) atoms. The molecular formula is C13H20N2O3. The average molecular weight is 252 g/mol. The van der Waals surface area contributed by atoms with Crippen LogP contribution < -0.4 is 5.32 Å². The fourth-order valence-electron chi connectivity index (χ4n) is 1.67. The molecule has 1 unspecified atom stereocenters. The molecule has 0 aromatic heterocycles. The van der Waals surface area contributed by atoms with Crippen molar-refractivity contribution in [2.45, 2.75) is 39.3 Å². The van der Waals surface area contributed by atoms with E-state index < -0.39 is 0 Å². The van der Waals surface area contributed by atoms with E-state index in [2.05, 4.69) is 5.32 Å². The Balaban J connectivity index is 2.48. The molecule has 0 spiro atoms.